The van der Waals surface area contributed by atoms with Gasteiger partial charge in [0.25, 0.3) is 0 Å². The number of nitrogen functional groups attached to an aromatic ring is 1. The second kappa shape index (κ2) is 7.76. The van der Waals surface area contributed by atoms with Crippen molar-refractivity contribution in [2.24, 2.45) is 0 Å². The van der Waals surface area contributed by atoms with Crippen LogP contribution in [0.15, 0.2) is 72.8 Å². The summed E-state index contributed by atoms with van der Waals surface area (Å²) in [6, 6.07) is 20.5. The number of fused-ring (bicyclic) bond motifs is 3. The fraction of sp³-hybridized carbons (Fsp3) is 0.0400. The number of aromatic carboxylic acids is 1. The Kier molecular flexibility index (Phi) is 4.75. The zero-order chi connectivity index (χ0) is 23.1. The van der Waals surface area contributed by atoms with Crippen LogP contribution in [-0.2, 0) is 0 Å². The molecule has 3 N–H and O–H groups in total. The van der Waals surface area contributed by atoms with Crippen LogP contribution in [0.5, 0.6) is 5.75 Å². The molecule has 0 radical (unpaired) electrons. The molecule has 162 valence electrons. The molecule has 8 nitrogen and oxygen atoms in total. The monoisotopic (exact) mass is 438 g/mol. The summed E-state index contributed by atoms with van der Waals surface area (Å²) in [4.78, 5) is 33.8. The van der Waals surface area contributed by atoms with E-state index in [4.69, 9.17) is 10.5 Å². The van der Waals surface area contributed by atoms with Gasteiger partial charge in [-0.05, 0) is 54.1 Å². The number of rotatable bonds is 5. The van der Waals surface area contributed by atoms with Crippen LogP contribution in [0.3, 0.4) is 0 Å². The molecule has 0 aliphatic heterocycles. The second-order valence-electron chi connectivity index (χ2n) is 7.40. The molecular weight excluding hydrogens is 420 g/mol. The van der Waals surface area contributed by atoms with E-state index in [2.05, 4.69) is 9.97 Å². The second-order valence-corrected chi connectivity index (χ2v) is 7.40. The van der Waals surface area contributed by atoms with Crippen LogP contribution in [0.1, 0.15) is 26.3 Å². The third-order valence-corrected chi connectivity index (χ3v) is 5.46. The minimum Gasteiger partial charge on any atom is -0.497 e. The molecule has 3 aromatic carbocycles. The zero-order valence-electron chi connectivity index (χ0n) is 17.5. The summed E-state index contributed by atoms with van der Waals surface area (Å²) >= 11 is 0. The lowest BCUT2D eigenvalue weighted by molar-refractivity contribution is 0.0696. The number of hydrogen-bond donors (Lipinski definition) is 2. The molecule has 5 rings (SSSR count). The third kappa shape index (κ3) is 3.34. The summed E-state index contributed by atoms with van der Waals surface area (Å²) in [7, 11) is 1.58. The Morgan fingerprint density at radius 3 is 2.24 bits per heavy atom. The largest absolute Gasteiger partial charge is 0.497 e. The molecule has 0 fully saturated rings. The van der Waals surface area contributed by atoms with Crippen molar-refractivity contribution in [3.05, 3.63) is 89.5 Å². The van der Waals surface area contributed by atoms with Crippen molar-refractivity contribution >= 4 is 34.4 Å². The minimum absolute atomic E-state index is 0.0379. The van der Waals surface area contributed by atoms with Gasteiger partial charge in [0.15, 0.2) is 5.78 Å². The Labute approximate surface area is 187 Å². The molecule has 0 aliphatic rings. The number of carbonyl (C=O) groups excluding carboxylic acids is 1. The molecule has 0 saturated heterocycles. The quantitative estimate of drug-likeness (QED) is 0.397. The topological polar surface area (TPSA) is 120 Å². The molecule has 8 heteroatoms. The number of imidazole rings is 1. The zero-order valence-corrected chi connectivity index (χ0v) is 17.5. The first-order chi connectivity index (χ1) is 16.0. The number of carbonyl (C=O) groups is 2. The lowest BCUT2D eigenvalue weighted by Gasteiger charge is -2.15. The normalized spacial score (nSPS) is 11.1. The van der Waals surface area contributed by atoms with E-state index < -0.39 is 5.97 Å². The van der Waals surface area contributed by atoms with Crippen LogP contribution in [0, 0.1) is 0 Å². The van der Waals surface area contributed by atoms with Crippen molar-refractivity contribution in [2.75, 3.05) is 12.8 Å². The smallest absolute Gasteiger partial charge is 0.335 e. The SMILES string of the molecule is COc1ccc(-c2c(C(=O)c3ccc(C(=O)O)cc3)c(N)nc3nc4ccccc4n23)cc1. The van der Waals surface area contributed by atoms with E-state index in [0.29, 0.717) is 22.8 Å². The van der Waals surface area contributed by atoms with Gasteiger partial charge in [-0.2, -0.15) is 4.98 Å². The highest BCUT2D eigenvalue weighted by atomic mass is 16.5. The molecular formula is C25H18N4O4. The van der Waals surface area contributed by atoms with Gasteiger partial charge in [0, 0.05) is 5.56 Å². The maximum atomic E-state index is 13.6. The number of anilines is 1. The predicted octanol–water partition coefficient (Wildman–Crippen LogP) is 4.07. The van der Waals surface area contributed by atoms with Gasteiger partial charge in [-0.25, -0.2) is 9.78 Å². The number of para-hydroxylation sites is 2. The number of nitrogens with two attached hydrogens (primary N) is 1. The van der Waals surface area contributed by atoms with Crippen molar-refractivity contribution in [2.45, 2.75) is 0 Å². The van der Waals surface area contributed by atoms with Crippen LogP contribution in [0.2, 0.25) is 0 Å². The Morgan fingerprint density at radius 2 is 1.58 bits per heavy atom. The van der Waals surface area contributed by atoms with E-state index >= 15 is 0 Å². The lowest BCUT2D eigenvalue weighted by atomic mass is 9.97. The summed E-state index contributed by atoms with van der Waals surface area (Å²) in [6.45, 7) is 0. The first-order valence-corrected chi connectivity index (χ1v) is 10.1. The minimum atomic E-state index is -1.07. The van der Waals surface area contributed by atoms with Crippen LogP contribution in [-0.4, -0.2) is 38.3 Å². The summed E-state index contributed by atoms with van der Waals surface area (Å²) in [5, 5.41) is 9.17. The van der Waals surface area contributed by atoms with Gasteiger partial charge in [-0.1, -0.05) is 24.3 Å². The molecule has 0 spiro atoms. The predicted molar refractivity (Wildman–Crippen MR) is 124 cm³/mol. The molecule has 0 amide bonds. The maximum absolute atomic E-state index is 13.6. The van der Waals surface area contributed by atoms with E-state index in [-0.39, 0.29) is 22.7 Å². The summed E-state index contributed by atoms with van der Waals surface area (Å²) in [6.07, 6.45) is 0. The highest BCUT2D eigenvalue weighted by molar-refractivity contribution is 6.16. The van der Waals surface area contributed by atoms with E-state index in [1.165, 1.54) is 24.3 Å². The number of methoxy groups -OCH3 is 1. The lowest BCUT2D eigenvalue weighted by Crippen LogP contribution is -2.13. The fourth-order valence-corrected chi connectivity index (χ4v) is 3.86. The van der Waals surface area contributed by atoms with E-state index in [1.54, 1.807) is 19.2 Å². The van der Waals surface area contributed by atoms with Gasteiger partial charge in [0.2, 0.25) is 5.78 Å². The Balaban J connectivity index is 1.81. The van der Waals surface area contributed by atoms with Crippen molar-refractivity contribution in [3.8, 4) is 17.0 Å². The molecule has 0 aliphatic carbocycles. The Morgan fingerprint density at radius 1 is 0.909 bits per heavy atom. The number of hydrogen-bond acceptors (Lipinski definition) is 6. The molecule has 0 bridgehead atoms. The third-order valence-electron chi connectivity index (χ3n) is 5.46. The summed E-state index contributed by atoms with van der Waals surface area (Å²) in [5.41, 5.74) is 9.67. The molecule has 2 aromatic heterocycles. The van der Waals surface area contributed by atoms with Gasteiger partial charge >= 0.3 is 5.97 Å². The van der Waals surface area contributed by atoms with Crippen LogP contribution >= 0.6 is 0 Å². The van der Waals surface area contributed by atoms with Crippen molar-refractivity contribution < 1.29 is 19.4 Å². The van der Waals surface area contributed by atoms with Gasteiger partial charge in [-0.15, -0.1) is 0 Å². The summed E-state index contributed by atoms with van der Waals surface area (Å²) < 4.78 is 7.09. The number of carboxylic acid groups (broad SMARTS) is 1. The molecule has 33 heavy (non-hydrogen) atoms. The van der Waals surface area contributed by atoms with Crippen LogP contribution < -0.4 is 10.5 Å². The maximum Gasteiger partial charge on any atom is 0.335 e. The van der Waals surface area contributed by atoms with E-state index in [0.717, 1.165) is 16.6 Å². The molecule has 0 atom stereocenters. The average Bonchev–Trinajstić information content (AvgIpc) is 3.20. The van der Waals surface area contributed by atoms with Gasteiger partial charge in [0.1, 0.15) is 11.6 Å². The number of carboxylic acids is 1. The average molecular weight is 438 g/mol. The fourth-order valence-electron chi connectivity index (χ4n) is 3.86. The molecule has 5 aromatic rings. The van der Waals surface area contributed by atoms with Crippen LogP contribution in [0.25, 0.3) is 28.1 Å². The molecule has 0 unspecified atom stereocenters. The molecule has 2 heterocycles. The van der Waals surface area contributed by atoms with Gasteiger partial charge in [-0.3, -0.25) is 9.20 Å². The Hall–Kier alpha value is -4.72. The van der Waals surface area contributed by atoms with Crippen molar-refractivity contribution in [1.82, 2.24) is 14.4 Å². The first kappa shape index (κ1) is 20.2. The number of benzene rings is 3. The van der Waals surface area contributed by atoms with E-state index in [1.807, 2.05) is 40.8 Å². The van der Waals surface area contributed by atoms with Gasteiger partial charge in [0.05, 0.1) is 35.0 Å². The Bertz CT molecular complexity index is 1540. The van der Waals surface area contributed by atoms with Crippen LogP contribution in [0.4, 0.5) is 5.82 Å². The van der Waals surface area contributed by atoms with E-state index in [9.17, 15) is 14.7 Å². The number of nitrogens with zero attached hydrogens (tertiary/aromatic N) is 3. The summed E-state index contributed by atoms with van der Waals surface area (Å²) in [5.74, 6) is -0.360. The van der Waals surface area contributed by atoms with Crippen molar-refractivity contribution in [3.63, 3.8) is 0 Å². The van der Waals surface area contributed by atoms with Gasteiger partial charge < -0.3 is 15.6 Å². The first-order valence-electron chi connectivity index (χ1n) is 10.1. The highest BCUT2D eigenvalue weighted by Crippen LogP contribution is 2.33. The number of ether oxygens (including phenoxy) is 1. The highest BCUT2D eigenvalue weighted by Gasteiger charge is 2.25. The standard InChI is InChI=1S/C25H18N4O4/c1-33-17-12-10-14(11-13-17)21-20(22(30)15-6-8-16(9-7-15)24(31)32)23(26)28-25-27-18-4-2-3-5-19(18)29(21)25/h2-13H,1H3,(H,31,32)(H2,26,27,28). The number of ketones is 1. The van der Waals surface area contributed by atoms with Crippen molar-refractivity contribution in [1.29, 1.82) is 0 Å². The molecule has 0 saturated carbocycles. The number of aromatic nitrogens is 3.